The molecular formula is C15H29NO2. The van der Waals surface area contributed by atoms with Crippen molar-refractivity contribution in [2.24, 2.45) is 5.92 Å². The lowest BCUT2D eigenvalue weighted by molar-refractivity contribution is -0.0815. The van der Waals surface area contributed by atoms with E-state index >= 15 is 0 Å². The smallest absolute Gasteiger partial charge is 0.0726 e. The molecular weight excluding hydrogens is 226 g/mol. The van der Waals surface area contributed by atoms with Gasteiger partial charge in [0.25, 0.3) is 0 Å². The van der Waals surface area contributed by atoms with Gasteiger partial charge in [0.1, 0.15) is 0 Å². The molecule has 1 N–H and O–H groups in total. The molecule has 1 saturated carbocycles. The molecule has 18 heavy (non-hydrogen) atoms. The molecule has 0 spiro atoms. The molecule has 2 aliphatic rings. The number of nitrogens with zero attached hydrogens (tertiary/aromatic N) is 1. The summed E-state index contributed by atoms with van der Waals surface area (Å²) in [7, 11) is 0. The highest BCUT2D eigenvalue weighted by Crippen LogP contribution is 2.40. The van der Waals surface area contributed by atoms with Crippen molar-refractivity contribution in [1.29, 1.82) is 0 Å². The summed E-state index contributed by atoms with van der Waals surface area (Å²) in [5.41, 5.74) is 0.0627. The fraction of sp³-hybridized carbons (Fsp3) is 1.00. The van der Waals surface area contributed by atoms with Gasteiger partial charge in [-0.15, -0.1) is 0 Å². The lowest BCUT2D eigenvalue weighted by Gasteiger charge is -2.47. The summed E-state index contributed by atoms with van der Waals surface area (Å²) < 4.78 is 5.46. The minimum absolute atomic E-state index is 0.0627. The van der Waals surface area contributed by atoms with Crippen molar-refractivity contribution in [2.75, 3.05) is 26.3 Å². The van der Waals surface area contributed by atoms with Gasteiger partial charge >= 0.3 is 0 Å². The molecule has 2 unspecified atom stereocenters. The normalized spacial score (nSPS) is 28.2. The van der Waals surface area contributed by atoms with Crippen LogP contribution in [0.4, 0.5) is 0 Å². The van der Waals surface area contributed by atoms with Crippen LogP contribution >= 0.6 is 0 Å². The van der Waals surface area contributed by atoms with Crippen molar-refractivity contribution >= 4 is 0 Å². The molecule has 0 amide bonds. The van der Waals surface area contributed by atoms with Gasteiger partial charge in [0.05, 0.1) is 19.3 Å². The Morgan fingerprint density at radius 2 is 1.83 bits per heavy atom. The summed E-state index contributed by atoms with van der Waals surface area (Å²) in [4.78, 5) is 2.52. The van der Waals surface area contributed by atoms with E-state index < -0.39 is 0 Å². The van der Waals surface area contributed by atoms with Crippen LogP contribution in [0.5, 0.6) is 0 Å². The van der Waals surface area contributed by atoms with Gasteiger partial charge in [0, 0.05) is 18.6 Å². The molecule has 1 heterocycles. The monoisotopic (exact) mass is 255 g/mol. The van der Waals surface area contributed by atoms with Crippen LogP contribution in [0.1, 0.15) is 52.4 Å². The molecule has 2 rings (SSSR count). The van der Waals surface area contributed by atoms with Gasteiger partial charge < -0.3 is 9.84 Å². The molecule has 1 aliphatic heterocycles. The Morgan fingerprint density at radius 3 is 2.39 bits per heavy atom. The molecule has 2 fully saturated rings. The molecule has 3 heteroatoms. The molecule has 3 nitrogen and oxygen atoms in total. The predicted octanol–water partition coefficient (Wildman–Crippen LogP) is 2.43. The SMILES string of the molecule is CCC(C)CC(O)C1(N2CCOCC2)CCCC1. The van der Waals surface area contributed by atoms with Crippen LogP contribution < -0.4 is 0 Å². The molecule has 0 aromatic heterocycles. The van der Waals surface area contributed by atoms with Gasteiger partial charge in [0.2, 0.25) is 0 Å². The van der Waals surface area contributed by atoms with E-state index in [0.29, 0.717) is 5.92 Å². The van der Waals surface area contributed by atoms with Gasteiger partial charge in [-0.25, -0.2) is 0 Å². The fourth-order valence-electron chi connectivity index (χ4n) is 3.62. The quantitative estimate of drug-likeness (QED) is 0.819. The topological polar surface area (TPSA) is 32.7 Å². The summed E-state index contributed by atoms with van der Waals surface area (Å²) >= 11 is 0. The number of hydrogen-bond donors (Lipinski definition) is 1. The van der Waals surface area contributed by atoms with Crippen LogP contribution in [0.2, 0.25) is 0 Å². The summed E-state index contributed by atoms with van der Waals surface area (Å²) in [6.07, 6.45) is 6.84. The number of ether oxygens (including phenoxy) is 1. The maximum absolute atomic E-state index is 10.8. The summed E-state index contributed by atoms with van der Waals surface area (Å²) in [6.45, 7) is 8.13. The highest BCUT2D eigenvalue weighted by Gasteiger charge is 2.45. The third-order valence-corrected chi connectivity index (χ3v) is 5.05. The summed E-state index contributed by atoms with van der Waals surface area (Å²) in [6, 6.07) is 0. The lowest BCUT2D eigenvalue weighted by Crippen LogP contribution is -2.58. The predicted molar refractivity (Wildman–Crippen MR) is 73.7 cm³/mol. The zero-order valence-electron chi connectivity index (χ0n) is 12.0. The van der Waals surface area contributed by atoms with Crippen LogP contribution in [-0.4, -0.2) is 48.0 Å². The van der Waals surface area contributed by atoms with Crippen LogP contribution in [0, 0.1) is 5.92 Å². The zero-order chi connectivity index (χ0) is 13.0. The lowest BCUT2D eigenvalue weighted by atomic mass is 9.82. The average Bonchev–Trinajstić information content (AvgIpc) is 2.90. The van der Waals surface area contributed by atoms with Gasteiger partial charge in [-0.05, 0) is 25.2 Å². The first-order valence-corrected chi connectivity index (χ1v) is 7.70. The molecule has 1 aliphatic carbocycles. The first-order chi connectivity index (χ1) is 8.69. The number of rotatable bonds is 5. The number of hydrogen-bond acceptors (Lipinski definition) is 3. The number of aliphatic hydroxyl groups is 1. The van der Waals surface area contributed by atoms with Crippen molar-refractivity contribution in [2.45, 2.75) is 64.0 Å². The van der Waals surface area contributed by atoms with Crippen molar-refractivity contribution < 1.29 is 9.84 Å². The van der Waals surface area contributed by atoms with E-state index in [2.05, 4.69) is 18.7 Å². The molecule has 0 bridgehead atoms. The molecule has 0 aromatic rings. The molecule has 2 atom stereocenters. The Bertz CT molecular complexity index is 245. The van der Waals surface area contributed by atoms with E-state index in [1.165, 1.54) is 25.7 Å². The molecule has 0 aromatic carbocycles. The summed E-state index contributed by atoms with van der Waals surface area (Å²) in [5, 5.41) is 10.8. The standard InChI is InChI=1S/C15H29NO2/c1-3-13(2)12-14(17)15(6-4-5-7-15)16-8-10-18-11-9-16/h13-14,17H,3-12H2,1-2H3. The third-order valence-electron chi connectivity index (χ3n) is 5.05. The average molecular weight is 255 g/mol. The Hall–Kier alpha value is -0.120. The molecule has 1 saturated heterocycles. The largest absolute Gasteiger partial charge is 0.391 e. The van der Waals surface area contributed by atoms with Crippen LogP contribution in [0.25, 0.3) is 0 Å². The Morgan fingerprint density at radius 1 is 1.22 bits per heavy atom. The fourth-order valence-corrected chi connectivity index (χ4v) is 3.62. The van der Waals surface area contributed by atoms with E-state index in [4.69, 9.17) is 4.74 Å². The zero-order valence-corrected chi connectivity index (χ0v) is 12.0. The van der Waals surface area contributed by atoms with E-state index in [-0.39, 0.29) is 11.6 Å². The maximum atomic E-state index is 10.8. The van der Waals surface area contributed by atoms with Crippen molar-refractivity contribution in [3.8, 4) is 0 Å². The Labute approximate surface area is 112 Å². The van der Waals surface area contributed by atoms with Gasteiger partial charge in [-0.3, -0.25) is 4.90 Å². The number of aliphatic hydroxyl groups excluding tert-OH is 1. The van der Waals surface area contributed by atoms with E-state index in [9.17, 15) is 5.11 Å². The highest BCUT2D eigenvalue weighted by molar-refractivity contribution is 5.01. The first kappa shape index (κ1) is 14.3. The van der Waals surface area contributed by atoms with E-state index in [0.717, 1.165) is 39.1 Å². The van der Waals surface area contributed by atoms with E-state index in [1.807, 2.05) is 0 Å². The van der Waals surface area contributed by atoms with Crippen LogP contribution in [-0.2, 0) is 4.74 Å². The minimum Gasteiger partial charge on any atom is -0.391 e. The van der Waals surface area contributed by atoms with Crippen LogP contribution in [0.15, 0.2) is 0 Å². The second-order valence-corrected chi connectivity index (χ2v) is 6.18. The van der Waals surface area contributed by atoms with Crippen molar-refractivity contribution in [1.82, 2.24) is 4.90 Å². The van der Waals surface area contributed by atoms with Gasteiger partial charge in [-0.1, -0.05) is 33.1 Å². The second-order valence-electron chi connectivity index (χ2n) is 6.18. The van der Waals surface area contributed by atoms with Gasteiger partial charge in [0.15, 0.2) is 0 Å². The van der Waals surface area contributed by atoms with Crippen molar-refractivity contribution in [3.05, 3.63) is 0 Å². The Kier molecular flexibility index (Phi) is 5.05. The third kappa shape index (κ3) is 2.89. The van der Waals surface area contributed by atoms with Crippen molar-refractivity contribution in [3.63, 3.8) is 0 Å². The van der Waals surface area contributed by atoms with E-state index in [1.54, 1.807) is 0 Å². The minimum atomic E-state index is -0.159. The van der Waals surface area contributed by atoms with Gasteiger partial charge in [-0.2, -0.15) is 0 Å². The Balaban J connectivity index is 2.05. The number of morpholine rings is 1. The highest BCUT2D eigenvalue weighted by atomic mass is 16.5. The second kappa shape index (κ2) is 6.36. The molecule has 106 valence electrons. The summed E-state index contributed by atoms with van der Waals surface area (Å²) in [5.74, 6) is 0.624. The van der Waals surface area contributed by atoms with Crippen LogP contribution in [0.3, 0.4) is 0 Å². The molecule has 0 radical (unpaired) electrons. The maximum Gasteiger partial charge on any atom is 0.0726 e. The first-order valence-electron chi connectivity index (χ1n) is 7.70.